The van der Waals surface area contributed by atoms with Gasteiger partial charge in [0.15, 0.2) is 0 Å². The van der Waals surface area contributed by atoms with Crippen LogP contribution in [0.25, 0.3) is 0 Å². The maximum absolute atomic E-state index is 6.58. The minimum absolute atomic E-state index is 0.0143. The number of halogens is 2. The molecule has 1 aliphatic rings. The third-order valence-electron chi connectivity index (χ3n) is 3.65. The van der Waals surface area contributed by atoms with Crippen molar-refractivity contribution in [2.75, 3.05) is 4.42 Å². The molecule has 2 atom stereocenters. The summed E-state index contributed by atoms with van der Waals surface area (Å²) in [5, 5.41) is 7.83. The van der Waals surface area contributed by atoms with Crippen LogP contribution in [-0.4, -0.2) is 15.0 Å². The fraction of sp³-hybridized carbons (Fsp3) is 0.333. The van der Waals surface area contributed by atoms with Crippen molar-refractivity contribution in [3.05, 3.63) is 54.0 Å². The first kappa shape index (κ1) is 14.4. The predicted molar refractivity (Wildman–Crippen MR) is 85.3 cm³/mol. The third-order valence-corrected chi connectivity index (χ3v) is 4.39. The van der Waals surface area contributed by atoms with Crippen LogP contribution in [0.15, 0.2) is 48.4 Å². The van der Waals surface area contributed by atoms with Crippen LogP contribution in [0.5, 0.6) is 0 Å². The second kappa shape index (κ2) is 5.70. The average Bonchev–Trinajstić information content (AvgIpc) is 2.98. The van der Waals surface area contributed by atoms with Crippen LogP contribution in [0.1, 0.15) is 30.8 Å². The Kier molecular flexibility index (Phi) is 3.91. The zero-order valence-electron chi connectivity index (χ0n) is 11.8. The number of rotatable bonds is 3. The molecule has 0 bridgehead atoms. The van der Waals surface area contributed by atoms with Crippen LogP contribution >= 0.6 is 23.4 Å². The summed E-state index contributed by atoms with van der Waals surface area (Å²) in [4.78, 5) is 0. The summed E-state index contributed by atoms with van der Waals surface area (Å²) >= 11 is 13.1. The molecule has 2 unspecified atom stereocenters. The Hall–Kier alpha value is -1.52. The van der Waals surface area contributed by atoms with Gasteiger partial charge in [0.05, 0.1) is 29.0 Å². The number of anilines is 1. The Bertz CT molecular complexity index is 651. The van der Waals surface area contributed by atoms with Crippen molar-refractivity contribution in [3.63, 3.8) is 0 Å². The lowest BCUT2D eigenvalue weighted by Crippen LogP contribution is -2.29. The van der Waals surface area contributed by atoms with E-state index in [1.165, 1.54) is 0 Å². The number of hydrogen-bond donors (Lipinski definition) is 0. The standard InChI is InChI=1S/C15H16Cl2N4/c1-10(2)15(20-8-7-18-19-20)14-9-12(16)11-5-3-4-6-13(11)21(14)17/h3-10,12,15H,1-2H3. The van der Waals surface area contributed by atoms with E-state index in [0.717, 1.165) is 16.9 Å². The van der Waals surface area contributed by atoms with E-state index in [2.05, 4.69) is 24.2 Å². The highest BCUT2D eigenvalue weighted by atomic mass is 35.5. The highest BCUT2D eigenvalue weighted by molar-refractivity contribution is 6.29. The van der Waals surface area contributed by atoms with E-state index in [1.807, 2.05) is 41.2 Å². The van der Waals surface area contributed by atoms with E-state index in [9.17, 15) is 0 Å². The molecule has 0 saturated heterocycles. The van der Waals surface area contributed by atoms with Crippen molar-refractivity contribution in [2.24, 2.45) is 5.92 Å². The van der Waals surface area contributed by atoms with E-state index in [-0.39, 0.29) is 11.4 Å². The molecule has 0 N–H and O–H groups in total. The first-order chi connectivity index (χ1) is 10.1. The Morgan fingerprint density at radius 3 is 2.67 bits per heavy atom. The first-order valence-electron chi connectivity index (χ1n) is 6.86. The maximum atomic E-state index is 6.58. The number of nitrogens with zero attached hydrogens (tertiary/aromatic N) is 4. The second-order valence-electron chi connectivity index (χ2n) is 5.40. The number of benzene rings is 1. The minimum Gasteiger partial charge on any atom is -0.255 e. The topological polar surface area (TPSA) is 34.0 Å². The molecule has 3 rings (SSSR count). The molecule has 0 spiro atoms. The summed E-state index contributed by atoms with van der Waals surface area (Å²) in [5.41, 5.74) is 2.86. The third kappa shape index (κ3) is 2.54. The highest BCUT2D eigenvalue weighted by Crippen LogP contribution is 2.44. The van der Waals surface area contributed by atoms with Crippen LogP contribution in [-0.2, 0) is 0 Å². The first-order valence-corrected chi connectivity index (χ1v) is 7.63. The van der Waals surface area contributed by atoms with Gasteiger partial charge in [-0.05, 0) is 23.6 Å². The molecule has 6 heteroatoms. The lowest BCUT2D eigenvalue weighted by molar-refractivity contribution is 0.384. The van der Waals surface area contributed by atoms with Crippen LogP contribution in [0, 0.1) is 5.92 Å². The molecule has 21 heavy (non-hydrogen) atoms. The molecule has 0 aliphatic carbocycles. The molecule has 1 aromatic carbocycles. The molecule has 0 fully saturated rings. The molecular weight excluding hydrogens is 307 g/mol. The van der Waals surface area contributed by atoms with E-state index in [0.29, 0.717) is 5.92 Å². The number of fused-ring (bicyclic) bond motifs is 1. The van der Waals surface area contributed by atoms with Crippen LogP contribution in [0.4, 0.5) is 5.69 Å². The lowest BCUT2D eigenvalue weighted by atomic mass is 9.95. The van der Waals surface area contributed by atoms with Crippen molar-refractivity contribution in [3.8, 4) is 0 Å². The summed E-state index contributed by atoms with van der Waals surface area (Å²) in [6, 6.07) is 7.88. The minimum atomic E-state index is -0.198. The predicted octanol–water partition coefficient (Wildman–Crippen LogP) is 4.31. The van der Waals surface area contributed by atoms with Crippen LogP contribution < -0.4 is 4.42 Å². The Labute approximate surface area is 134 Å². The molecule has 110 valence electrons. The van der Waals surface area contributed by atoms with Gasteiger partial charge in [-0.25, -0.2) is 4.68 Å². The summed E-state index contributed by atoms with van der Waals surface area (Å²) < 4.78 is 3.50. The summed E-state index contributed by atoms with van der Waals surface area (Å²) in [7, 11) is 0. The van der Waals surface area contributed by atoms with Gasteiger partial charge in [-0.3, -0.25) is 4.42 Å². The van der Waals surface area contributed by atoms with Gasteiger partial charge in [-0.15, -0.1) is 16.7 Å². The number of alkyl halides is 1. The smallest absolute Gasteiger partial charge is 0.0970 e. The second-order valence-corrected chi connectivity index (χ2v) is 6.21. The fourth-order valence-corrected chi connectivity index (χ4v) is 3.33. The van der Waals surface area contributed by atoms with Crippen LogP contribution in [0.2, 0.25) is 0 Å². The summed E-state index contributed by atoms with van der Waals surface area (Å²) in [6.07, 6.45) is 5.51. The Balaban J connectivity index is 2.06. The van der Waals surface area contributed by atoms with E-state index < -0.39 is 0 Å². The monoisotopic (exact) mass is 322 g/mol. The summed E-state index contributed by atoms with van der Waals surface area (Å²) in [5.74, 6) is 0.299. The zero-order chi connectivity index (χ0) is 15.0. The molecule has 0 radical (unpaired) electrons. The van der Waals surface area contributed by atoms with Crippen molar-refractivity contribution < 1.29 is 0 Å². The Morgan fingerprint density at radius 1 is 1.24 bits per heavy atom. The molecule has 2 heterocycles. The van der Waals surface area contributed by atoms with Crippen LogP contribution in [0.3, 0.4) is 0 Å². The largest absolute Gasteiger partial charge is 0.255 e. The van der Waals surface area contributed by atoms with Gasteiger partial charge in [0, 0.05) is 18.0 Å². The molecular formula is C15H16Cl2N4. The van der Waals surface area contributed by atoms with E-state index in [4.69, 9.17) is 23.4 Å². The van der Waals surface area contributed by atoms with Gasteiger partial charge >= 0.3 is 0 Å². The van der Waals surface area contributed by atoms with Gasteiger partial charge < -0.3 is 0 Å². The molecule has 2 aromatic rings. The normalized spacial score (nSPS) is 19.4. The van der Waals surface area contributed by atoms with Crippen molar-refractivity contribution in [2.45, 2.75) is 25.3 Å². The average molecular weight is 323 g/mol. The van der Waals surface area contributed by atoms with Crippen molar-refractivity contribution in [1.82, 2.24) is 15.0 Å². The fourth-order valence-electron chi connectivity index (χ4n) is 2.71. The zero-order valence-corrected chi connectivity index (χ0v) is 13.3. The van der Waals surface area contributed by atoms with Gasteiger partial charge in [-0.2, -0.15) is 0 Å². The SMILES string of the molecule is CC(C)C(C1=CC(Cl)c2ccccc2N1Cl)n1ccnn1. The number of hydrogen-bond acceptors (Lipinski definition) is 3. The lowest BCUT2D eigenvalue weighted by Gasteiger charge is -2.34. The highest BCUT2D eigenvalue weighted by Gasteiger charge is 2.31. The quantitative estimate of drug-likeness (QED) is 0.623. The van der Waals surface area contributed by atoms with E-state index in [1.54, 1.807) is 10.6 Å². The van der Waals surface area contributed by atoms with Gasteiger partial charge in [-0.1, -0.05) is 37.3 Å². The maximum Gasteiger partial charge on any atom is 0.0970 e. The van der Waals surface area contributed by atoms with Gasteiger partial charge in [0.25, 0.3) is 0 Å². The van der Waals surface area contributed by atoms with Crippen molar-refractivity contribution in [1.29, 1.82) is 0 Å². The molecule has 0 saturated carbocycles. The number of allylic oxidation sites excluding steroid dienone is 2. The van der Waals surface area contributed by atoms with Gasteiger partial charge in [0.1, 0.15) is 0 Å². The Morgan fingerprint density at radius 2 is 2.00 bits per heavy atom. The van der Waals surface area contributed by atoms with Gasteiger partial charge in [0.2, 0.25) is 0 Å². The summed E-state index contributed by atoms with van der Waals surface area (Å²) in [6.45, 7) is 4.25. The van der Waals surface area contributed by atoms with Crippen molar-refractivity contribution >= 4 is 29.1 Å². The molecule has 4 nitrogen and oxygen atoms in total. The molecule has 1 aromatic heterocycles. The number of para-hydroxylation sites is 1. The molecule has 0 amide bonds. The number of aromatic nitrogens is 3. The van der Waals surface area contributed by atoms with E-state index >= 15 is 0 Å². The molecule has 1 aliphatic heterocycles.